The van der Waals surface area contributed by atoms with Crippen molar-refractivity contribution in [1.29, 1.82) is 0 Å². The molecule has 4 rings (SSSR count). The molecule has 0 radical (unpaired) electrons. The Morgan fingerprint density at radius 1 is 1.05 bits per heavy atom. The molecule has 2 aromatic carbocycles. The van der Waals surface area contributed by atoms with E-state index in [9.17, 15) is 23.0 Å². The number of ether oxygens (including phenoxy) is 2. The molecule has 1 heterocycles. The van der Waals surface area contributed by atoms with Crippen LogP contribution in [0.3, 0.4) is 0 Å². The Morgan fingerprint density at radius 3 is 2.57 bits per heavy atom. The average molecular weight is 532 g/mol. The fourth-order valence-corrected chi connectivity index (χ4v) is 5.35. The molecule has 0 aromatic heterocycles. The smallest absolute Gasteiger partial charge is 0.243 e. The van der Waals surface area contributed by atoms with E-state index in [0.717, 1.165) is 43.1 Å². The van der Waals surface area contributed by atoms with Crippen LogP contribution < -0.4 is 25.0 Å². The zero-order valence-corrected chi connectivity index (χ0v) is 21.4. The van der Waals surface area contributed by atoms with Crippen LogP contribution in [0.5, 0.6) is 11.5 Å². The van der Waals surface area contributed by atoms with Crippen molar-refractivity contribution in [2.45, 2.75) is 51.1 Å². The lowest BCUT2D eigenvalue weighted by Crippen LogP contribution is -2.52. The third-order valence-electron chi connectivity index (χ3n) is 6.31. The summed E-state index contributed by atoms with van der Waals surface area (Å²) in [7, 11) is -1.87. The van der Waals surface area contributed by atoms with Crippen LogP contribution in [0.2, 0.25) is 0 Å². The van der Waals surface area contributed by atoms with Crippen LogP contribution in [0.15, 0.2) is 42.5 Å². The molecule has 1 aliphatic carbocycles. The van der Waals surface area contributed by atoms with Gasteiger partial charge in [-0.3, -0.25) is 23.5 Å². The molecule has 1 aliphatic heterocycles. The molecule has 0 bridgehead atoms. The van der Waals surface area contributed by atoms with Gasteiger partial charge in [0.1, 0.15) is 23.4 Å². The number of nitrogens with zero attached hydrogens (tertiary/aromatic N) is 1. The van der Waals surface area contributed by atoms with Gasteiger partial charge in [0, 0.05) is 34.3 Å². The quantitative estimate of drug-likeness (QED) is 0.514. The van der Waals surface area contributed by atoms with Crippen LogP contribution in [0.1, 0.15) is 39.0 Å². The molecule has 2 N–H and O–H groups in total. The maximum Gasteiger partial charge on any atom is 0.243 e. The normalized spacial score (nSPS) is 16.5. The minimum absolute atomic E-state index is 0.0298. The van der Waals surface area contributed by atoms with Gasteiger partial charge < -0.3 is 20.1 Å². The number of fused-ring (bicyclic) bond motifs is 1. The van der Waals surface area contributed by atoms with E-state index in [1.54, 1.807) is 25.1 Å². The lowest BCUT2D eigenvalue weighted by molar-refractivity contribution is -0.126. The lowest BCUT2D eigenvalue weighted by Gasteiger charge is -2.31. The molecule has 2 unspecified atom stereocenters. The Morgan fingerprint density at radius 2 is 1.81 bits per heavy atom. The van der Waals surface area contributed by atoms with Gasteiger partial charge in [-0.1, -0.05) is 25.3 Å². The number of nitrogens with one attached hydrogen (secondary N) is 2. The second-order valence-electron chi connectivity index (χ2n) is 9.11. The van der Waals surface area contributed by atoms with Crippen LogP contribution in [-0.4, -0.2) is 52.3 Å². The van der Waals surface area contributed by atoms with Crippen molar-refractivity contribution in [2.75, 3.05) is 28.5 Å². The molecule has 0 spiro atoms. The molecule has 2 aromatic rings. The number of hydrogen-bond acceptors (Lipinski definition) is 6. The summed E-state index contributed by atoms with van der Waals surface area (Å²) < 4.78 is 37.2. The summed E-state index contributed by atoms with van der Waals surface area (Å²) in [6.45, 7) is 1.65. The van der Waals surface area contributed by atoms with Crippen molar-refractivity contribution in [1.82, 2.24) is 5.32 Å². The van der Waals surface area contributed by atoms with Gasteiger partial charge in [-0.25, -0.2) is 4.39 Å². The van der Waals surface area contributed by atoms with Crippen molar-refractivity contribution in [3.8, 4) is 11.5 Å². The van der Waals surface area contributed by atoms with E-state index in [4.69, 9.17) is 9.47 Å². The Bertz CT molecular complexity index is 1190. The number of benzene rings is 2. The monoisotopic (exact) mass is 531 g/mol. The van der Waals surface area contributed by atoms with E-state index < -0.39 is 46.0 Å². The second kappa shape index (κ2) is 12.2. The van der Waals surface area contributed by atoms with Gasteiger partial charge in [-0.05, 0) is 50.1 Å². The highest BCUT2D eigenvalue weighted by Gasteiger charge is 2.30. The minimum atomic E-state index is -1.87. The molecule has 11 heteroatoms. The molecule has 198 valence electrons. The number of rotatable bonds is 9. The molecule has 9 nitrogen and oxygen atoms in total. The molecule has 37 heavy (non-hydrogen) atoms. The van der Waals surface area contributed by atoms with Gasteiger partial charge in [-0.15, -0.1) is 0 Å². The fraction of sp³-hybridized carbons (Fsp3) is 0.423. The Balaban J connectivity index is 1.40. The van der Waals surface area contributed by atoms with E-state index in [1.807, 2.05) is 0 Å². The van der Waals surface area contributed by atoms with Crippen molar-refractivity contribution >= 4 is 39.9 Å². The maximum atomic E-state index is 14.0. The first kappa shape index (κ1) is 26.6. The summed E-state index contributed by atoms with van der Waals surface area (Å²) in [6, 6.07) is 9.26. The Labute approximate surface area is 217 Å². The summed E-state index contributed by atoms with van der Waals surface area (Å²) in [5.74, 6) is -2.02. The van der Waals surface area contributed by atoms with E-state index in [2.05, 4.69) is 10.6 Å². The number of carbonyl (C=O) groups is 3. The largest absolute Gasteiger partial charge is 0.454 e. The molecular formula is C26H30FN3O6S. The summed E-state index contributed by atoms with van der Waals surface area (Å²) in [5.41, 5.74) is 0.616. The third-order valence-corrected chi connectivity index (χ3v) is 7.46. The van der Waals surface area contributed by atoms with E-state index in [1.165, 1.54) is 18.2 Å². The first-order valence-electron chi connectivity index (χ1n) is 12.2. The van der Waals surface area contributed by atoms with Crippen LogP contribution in [0.4, 0.5) is 15.8 Å². The van der Waals surface area contributed by atoms with Crippen molar-refractivity contribution in [3.63, 3.8) is 0 Å². The van der Waals surface area contributed by atoms with Crippen LogP contribution >= 0.6 is 0 Å². The highest BCUT2D eigenvalue weighted by molar-refractivity contribution is 7.86. The first-order chi connectivity index (χ1) is 17.8. The SMILES string of the molecule is CC(C(=O)NC1CCCCC1)N(C(=O)CS(=O)CC(=O)Nc1ccc2c(c1)OCO2)c1cccc(F)c1. The number of halogens is 1. The number of amides is 3. The van der Waals surface area contributed by atoms with E-state index in [0.29, 0.717) is 17.2 Å². The highest BCUT2D eigenvalue weighted by atomic mass is 32.2. The van der Waals surface area contributed by atoms with Gasteiger partial charge in [0.2, 0.25) is 24.5 Å². The summed E-state index contributed by atoms with van der Waals surface area (Å²) in [6.07, 6.45) is 4.92. The van der Waals surface area contributed by atoms with Gasteiger partial charge in [-0.2, -0.15) is 0 Å². The predicted octanol–water partition coefficient (Wildman–Crippen LogP) is 3.11. The van der Waals surface area contributed by atoms with Crippen molar-refractivity contribution < 1.29 is 32.5 Å². The van der Waals surface area contributed by atoms with E-state index >= 15 is 0 Å². The molecule has 0 saturated heterocycles. The predicted molar refractivity (Wildman–Crippen MR) is 137 cm³/mol. The molecule has 2 aliphatic rings. The zero-order chi connectivity index (χ0) is 26.4. The molecule has 3 amide bonds. The Hall–Kier alpha value is -3.47. The van der Waals surface area contributed by atoms with Crippen LogP contribution in [0.25, 0.3) is 0 Å². The first-order valence-corrected chi connectivity index (χ1v) is 13.7. The Kier molecular flexibility index (Phi) is 8.75. The number of hydrogen-bond donors (Lipinski definition) is 2. The summed E-state index contributed by atoms with van der Waals surface area (Å²) >= 11 is 0. The minimum Gasteiger partial charge on any atom is -0.454 e. The average Bonchev–Trinajstić information content (AvgIpc) is 3.32. The van der Waals surface area contributed by atoms with E-state index in [-0.39, 0.29) is 24.4 Å². The summed E-state index contributed by atoms with van der Waals surface area (Å²) in [4.78, 5) is 39.8. The molecule has 2 atom stereocenters. The lowest BCUT2D eigenvalue weighted by atomic mass is 9.95. The van der Waals surface area contributed by atoms with Crippen molar-refractivity contribution in [2.24, 2.45) is 0 Å². The molecular weight excluding hydrogens is 501 g/mol. The van der Waals surface area contributed by atoms with Crippen molar-refractivity contribution in [3.05, 3.63) is 48.3 Å². The maximum absolute atomic E-state index is 14.0. The molecule has 1 fully saturated rings. The highest BCUT2D eigenvalue weighted by Crippen LogP contribution is 2.34. The topological polar surface area (TPSA) is 114 Å². The summed E-state index contributed by atoms with van der Waals surface area (Å²) in [5, 5.41) is 5.61. The van der Waals surface area contributed by atoms with Crippen LogP contribution in [0, 0.1) is 5.82 Å². The standard InChI is InChI=1S/C26H30FN3O6S/c1-17(26(33)29-19-7-3-2-4-8-19)30(21-9-5-6-18(27)12-21)25(32)15-37(34)14-24(31)28-20-10-11-22-23(13-20)36-16-35-22/h5-6,9-13,17,19H,2-4,7-8,14-16H2,1H3,(H,28,31)(H,29,33). The van der Waals surface area contributed by atoms with Crippen LogP contribution in [-0.2, 0) is 25.2 Å². The fourth-order valence-electron chi connectivity index (χ4n) is 4.47. The number of anilines is 2. The van der Waals surface area contributed by atoms with Gasteiger partial charge in [0.25, 0.3) is 0 Å². The van der Waals surface area contributed by atoms with Gasteiger partial charge in [0.05, 0.1) is 0 Å². The number of carbonyl (C=O) groups excluding carboxylic acids is 3. The third kappa shape index (κ3) is 7.06. The van der Waals surface area contributed by atoms with Gasteiger partial charge in [0.15, 0.2) is 11.5 Å². The second-order valence-corrected chi connectivity index (χ2v) is 10.6. The van der Waals surface area contributed by atoms with Gasteiger partial charge >= 0.3 is 0 Å². The molecule has 1 saturated carbocycles. The zero-order valence-electron chi connectivity index (χ0n) is 20.5.